The Bertz CT molecular complexity index is 242. The number of halogens is 4. The third-order valence-corrected chi connectivity index (χ3v) is 1.62. The molecule has 0 aliphatic rings. The maximum atomic E-state index is 11.9. The van der Waals surface area contributed by atoms with Crippen LogP contribution in [0.15, 0.2) is 24.3 Å². The molecular formula is C7H7BrF3P. The highest BCUT2D eigenvalue weighted by Crippen LogP contribution is 2.28. The van der Waals surface area contributed by atoms with Crippen LogP contribution in [0.2, 0.25) is 0 Å². The second-order valence-corrected chi connectivity index (χ2v) is 2.79. The summed E-state index contributed by atoms with van der Waals surface area (Å²) < 4.78 is 35.7. The minimum absolute atomic E-state index is 0. The highest BCUT2D eigenvalue weighted by Gasteiger charge is 2.29. The van der Waals surface area contributed by atoms with Gasteiger partial charge in [-0.15, -0.1) is 26.2 Å². The molecule has 0 aliphatic carbocycles. The van der Waals surface area contributed by atoms with Gasteiger partial charge in [-0.1, -0.05) is 12.1 Å². The smallest absolute Gasteiger partial charge is 0.166 e. The largest absolute Gasteiger partial charge is 0.416 e. The van der Waals surface area contributed by atoms with Gasteiger partial charge in [-0.05, 0) is 17.4 Å². The van der Waals surface area contributed by atoms with Crippen molar-refractivity contribution in [3.05, 3.63) is 29.8 Å². The predicted molar refractivity (Wildman–Crippen MR) is 51.1 cm³/mol. The minimum Gasteiger partial charge on any atom is -0.166 e. The van der Waals surface area contributed by atoms with Crippen molar-refractivity contribution in [3.8, 4) is 0 Å². The van der Waals surface area contributed by atoms with Crippen molar-refractivity contribution in [2.45, 2.75) is 6.18 Å². The van der Waals surface area contributed by atoms with Crippen LogP contribution in [0.5, 0.6) is 0 Å². The Labute approximate surface area is 81.1 Å². The van der Waals surface area contributed by atoms with Gasteiger partial charge in [0, 0.05) is 0 Å². The molecule has 0 heterocycles. The Balaban J connectivity index is 0.00000121. The molecule has 5 heteroatoms. The van der Waals surface area contributed by atoms with Gasteiger partial charge in [-0.3, -0.25) is 0 Å². The van der Waals surface area contributed by atoms with Crippen molar-refractivity contribution in [1.29, 1.82) is 0 Å². The summed E-state index contributed by atoms with van der Waals surface area (Å²) >= 11 is 0. The van der Waals surface area contributed by atoms with E-state index in [-0.39, 0.29) is 17.0 Å². The quantitative estimate of drug-likeness (QED) is 0.628. The monoisotopic (exact) mass is 258 g/mol. The lowest BCUT2D eigenvalue weighted by molar-refractivity contribution is -0.137. The van der Waals surface area contributed by atoms with Gasteiger partial charge >= 0.3 is 6.18 Å². The van der Waals surface area contributed by atoms with Crippen molar-refractivity contribution in [1.82, 2.24) is 0 Å². The molecule has 12 heavy (non-hydrogen) atoms. The van der Waals surface area contributed by atoms with E-state index in [0.717, 1.165) is 17.4 Å². The summed E-state index contributed by atoms with van der Waals surface area (Å²) in [4.78, 5) is 0. The molecule has 0 fully saturated rings. The first-order chi connectivity index (χ1) is 5.00. The van der Waals surface area contributed by atoms with Gasteiger partial charge in [0.2, 0.25) is 0 Å². The van der Waals surface area contributed by atoms with Crippen LogP contribution in [-0.2, 0) is 6.18 Å². The molecule has 0 N–H and O–H groups in total. The first-order valence-electron chi connectivity index (χ1n) is 2.93. The van der Waals surface area contributed by atoms with Gasteiger partial charge in [0.25, 0.3) is 0 Å². The first-order valence-corrected chi connectivity index (χ1v) is 3.50. The lowest BCUT2D eigenvalue weighted by Gasteiger charge is -2.05. The summed E-state index contributed by atoms with van der Waals surface area (Å²) in [5, 5.41) is 0.748. The van der Waals surface area contributed by atoms with Gasteiger partial charge in [-0.2, -0.15) is 13.2 Å². The van der Waals surface area contributed by atoms with E-state index in [9.17, 15) is 13.2 Å². The molecule has 0 aromatic heterocycles. The van der Waals surface area contributed by atoms with Gasteiger partial charge in [0.05, 0.1) is 5.56 Å². The summed E-state index contributed by atoms with van der Waals surface area (Å²) in [7, 11) is 2.33. The van der Waals surface area contributed by atoms with Gasteiger partial charge < -0.3 is 0 Å². The Hall–Kier alpha value is -0.0800. The molecule has 1 aromatic carbocycles. The predicted octanol–water partition coefficient (Wildman–Crippen LogP) is 2.78. The highest BCUT2D eigenvalue weighted by atomic mass is 79.9. The van der Waals surface area contributed by atoms with Gasteiger partial charge in [-0.25, -0.2) is 0 Å². The first kappa shape index (κ1) is 11.9. The molecule has 1 aromatic rings. The maximum Gasteiger partial charge on any atom is 0.416 e. The second kappa shape index (κ2) is 4.24. The molecule has 0 spiro atoms. The molecule has 68 valence electrons. The van der Waals surface area contributed by atoms with Crippen LogP contribution >= 0.6 is 26.2 Å². The number of hydrogen-bond acceptors (Lipinski definition) is 0. The summed E-state index contributed by atoms with van der Waals surface area (Å²) in [6, 6.07) is 4.94. The Morgan fingerprint density at radius 3 is 1.75 bits per heavy atom. The third-order valence-electron chi connectivity index (χ3n) is 1.24. The molecule has 0 saturated carbocycles. The third kappa shape index (κ3) is 3.11. The van der Waals surface area contributed by atoms with E-state index in [2.05, 4.69) is 9.24 Å². The van der Waals surface area contributed by atoms with E-state index in [4.69, 9.17) is 0 Å². The van der Waals surface area contributed by atoms with E-state index in [1.54, 1.807) is 0 Å². The van der Waals surface area contributed by atoms with Gasteiger partial charge in [0.15, 0.2) is 0 Å². The molecule has 0 nitrogen and oxygen atoms in total. The SMILES string of the molecule is Br.FC(F)(F)c1ccc(P)cc1. The molecule has 0 radical (unpaired) electrons. The summed E-state index contributed by atoms with van der Waals surface area (Å²) in [6.07, 6.45) is -4.22. The van der Waals surface area contributed by atoms with Crippen LogP contribution in [0.25, 0.3) is 0 Å². The fourth-order valence-electron chi connectivity index (χ4n) is 0.672. The molecule has 0 amide bonds. The van der Waals surface area contributed by atoms with Gasteiger partial charge in [0.1, 0.15) is 0 Å². The molecule has 0 bridgehead atoms. The van der Waals surface area contributed by atoms with E-state index in [1.165, 1.54) is 12.1 Å². The zero-order valence-corrected chi connectivity index (χ0v) is 8.80. The fourth-order valence-corrected chi connectivity index (χ4v) is 0.865. The average molecular weight is 259 g/mol. The minimum atomic E-state index is -4.22. The Morgan fingerprint density at radius 1 is 1.00 bits per heavy atom. The number of rotatable bonds is 0. The maximum absolute atomic E-state index is 11.9. The van der Waals surface area contributed by atoms with Crippen LogP contribution in [-0.4, -0.2) is 0 Å². The van der Waals surface area contributed by atoms with Crippen molar-refractivity contribution in [2.24, 2.45) is 0 Å². The highest BCUT2D eigenvalue weighted by molar-refractivity contribution is 8.93. The molecular weight excluding hydrogens is 252 g/mol. The zero-order valence-electron chi connectivity index (χ0n) is 5.93. The number of benzene rings is 1. The van der Waals surface area contributed by atoms with E-state index < -0.39 is 11.7 Å². The summed E-state index contributed by atoms with van der Waals surface area (Å²) in [6.45, 7) is 0. The molecule has 0 aliphatic heterocycles. The summed E-state index contributed by atoms with van der Waals surface area (Å²) in [5.41, 5.74) is -0.608. The Morgan fingerprint density at radius 2 is 1.42 bits per heavy atom. The fraction of sp³-hybridized carbons (Fsp3) is 0.143. The lowest BCUT2D eigenvalue weighted by Crippen LogP contribution is -2.05. The summed E-state index contributed by atoms with van der Waals surface area (Å²) in [5.74, 6) is 0. The van der Waals surface area contributed by atoms with Crippen molar-refractivity contribution >= 4 is 31.5 Å². The lowest BCUT2D eigenvalue weighted by atomic mass is 10.2. The second-order valence-electron chi connectivity index (χ2n) is 2.12. The Kier molecular flexibility index (Phi) is 4.21. The van der Waals surface area contributed by atoms with E-state index >= 15 is 0 Å². The zero-order chi connectivity index (χ0) is 8.48. The molecule has 0 saturated heterocycles. The molecule has 1 atom stereocenters. The van der Waals surface area contributed by atoms with E-state index in [1.807, 2.05) is 0 Å². The standard InChI is InChI=1S/C7H6F3P.BrH/c8-7(9,10)5-1-3-6(11)4-2-5;/h1-4H,11H2;1H. The van der Waals surface area contributed by atoms with Crippen LogP contribution < -0.4 is 5.30 Å². The van der Waals surface area contributed by atoms with Crippen molar-refractivity contribution < 1.29 is 13.2 Å². The number of hydrogen-bond donors (Lipinski definition) is 0. The van der Waals surface area contributed by atoms with Crippen LogP contribution in [0, 0.1) is 0 Å². The van der Waals surface area contributed by atoms with E-state index in [0.29, 0.717) is 0 Å². The normalized spacial score (nSPS) is 10.7. The number of alkyl halides is 3. The van der Waals surface area contributed by atoms with Crippen LogP contribution in [0.4, 0.5) is 13.2 Å². The van der Waals surface area contributed by atoms with Crippen molar-refractivity contribution in [2.75, 3.05) is 0 Å². The average Bonchev–Trinajstić information content (AvgIpc) is 1.86. The van der Waals surface area contributed by atoms with Crippen LogP contribution in [0.3, 0.4) is 0 Å². The topological polar surface area (TPSA) is 0 Å². The van der Waals surface area contributed by atoms with Crippen molar-refractivity contribution in [3.63, 3.8) is 0 Å². The molecule has 1 unspecified atom stereocenters. The molecule has 1 rings (SSSR count). The van der Waals surface area contributed by atoms with Crippen LogP contribution in [0.1, 0.15) is 5.56 Å².